The first-order valence-electron chi connectivity index (χ1n) is 6.22. The Balaban J connectivity index is 3.00. The molecule has 0 fully saturated rings. The van der Waals surface area contributed by atoms with Gasteiger partial charge >= 0.3 is 12.4 Å². The molecule has 0 radical (unpaired) electrons. The van der Waals surface area contributed by atoms with Crippen LogP contribution in [-0.2, 0) is 18.9 Å². The summed E-state index contributed by atoms with van der Waals surface area (Å²) >= 11 is 0. The molecule has 0 aliphatic carbocycles. The molecule has 0 saturated carbocycles. The van der Waals surface area contributed by atoms with Crippen molar-refractivity contribution in [3.05, 3.63) is 34.9 Å². The van der Waals surface area contributed by atoms with Crippen molar-refractivity contribution in [2.24, 2.45) is 10.7 Å². The first-order valence-corrected chi connectivity index (χ1v) is 6.22. The van der Waals surface area contributed by atoms with Gasteiger partial charge in [0.05, 0.1) is 24.3 Å². The molecule has 0 spiro atoms. The van der Waals surface area contributed by atoms with Crippen LogP contribution in [0.2, 0.25) is 0 Å². The van der Waals surface area contributed by atoms with Crippen LogP contribution in [0.15, 0.2) is 23.2 Å². The third-order valence-corrected chi connectivity index (χ3v) is 2.53. The predicted molar refractivity (Wildman–Crippen MR) is 70.0 cm³/mol. The molecule has 1 aromatic rings. The number of nitrogens with two attached hydrogens (primary N) is 1. The molecule has 0 aliphatic heterocycles. The summed E-state index contributed by atoms with van der Waals surface area (Å²) in [7, 11) is 0. The van der Waals surface area contributed by atoms with Gasteiger partial charge in [0.2, 0.25) is 5.96 Å². The van der Waals surface area contributed by atoms with E-state index in [2.05, 4.69) is 15.8 Å². The summed E-state index contributed by atoms with van der Waals surface area (Å²) in [5.41, 5.74) is 6.98. The molecule has 5 N–H and O–H groups in total. The van der Waals surface area contributed by atoms with E-state index in [9.17, 15) is 26.3 Å². The largest absolute Gasteiger partial charge is 0.416 e. The van der Waals surface area contributed by atoms with Gasteiger partial charge < -0.3 is 10.8 Å². The predicted octanol–water partition coefficient (Wildman–Crippen LogP) is 1.63. The highest BCUT2D eigenvalue weighted by Gasteiger charge is 2.36. The number of hydrogen-bond acceptors (Lipinski definition) is 3. The Morgan fingerprint density at radius 2 is 1.57 bits per heavy atom. The van der Waals surface area contributed by atoms with Crippen molar-refractivity contribution in [2.45, 2.75) is 18.9 Å². The highest BCUT2D eigenvalue weighted by Crippen LogP contribution is 2.36. The van der Waals surface area contributed by atoms with Crippen LogP contribution in [0.1, 0.15) is 16.7 Å². The Hall–Kier alpha value is -2.01. The zero-order valence-corrected chi connectivity index (χ0v) is 11.6. The van der Waals surface area contributed by atoms with E-state index in [0.29, 0.717) is 12.1 Å². The lowest BCUT2D eigenvalue weighted by atomic mass is 10.0. The highest BCUT2D eigenvalue weighted by atomic mass is 19.4. The van der Waals surface area contributed by atoms with Gasteiger partial charge in [-0.05, 0) is 23.8 Å². The van der Waals surface area contributed by atoms with Gasteiger partial charge in [0.15, 0.2) is 0 Å². The monoisotopic (exact) mass is 344 g/mol. The average Bonchev–Trinajstić information content (AvgIpc) is 2.43. The van der Waals surface area contributed by atoms with E-state index in [1.807, 2.05) is 0 Å². The third-order valence-electron chi connectivity index (χ3n) is 2.53. The Labute approximate surface area is 127 Å². The van der Waals surface area contributed by atoms with Gasteiger partial charge in [-0.15, -0.1) is 0 Å². The number of guanidine groups is 1. The molecule has 0 amide bonds. The van der Waals surface area contributed by atoms with Gasteiger partial charge in [0.25, 0.3) is 0 Å². The fourth-order valence-electron chi connectivity index (χ4n) is 1.54. The van der Waals surface area contributed by atoms with Crippen LogP contribution in [0, 0.1) is 0 Å². The van der Waals surface area contributed by atoms with E-state index in [1.165, 1.54) is 0 Å². The fraction of sp³-hybridized carbons (Fsp3) is 0.417. The third kappa shape index (κ3) is 6.32. The Morgan fingerprint density at radius 1 is 1.04 bits per heavy atom. The second-order valence-electron chi connectivity index (χ2n) is 4.39. The number of rotatable bonds is 5. The molecule has 11 heteroatoms. The number of aliphatic hydroxyl groups excluding tert-OH is 1. The van der Waals surface area contributed by atoms with E-state index in [4.69, 9.17) is 10.8 Å². The average molecular weight is 344 g/mol. The Bertz CT molecular complexity index is 523. The lowest BCUT2D eigenvalue weighted by Crippen LogP contribution is -2.43. The van der Waals surface area contributed by atoms with Gasteiger partial charge in [0, 0.05) is 6.54 Å². The molecule has 0 heterocycles. The number of aliphatic imine (C=N–C) groups is 1. The first kappa shape index (κ1) is 19.0. The van der Waals surface area contributed by atoms with Crippen molar-refractivity contribution in [3.63, 3.8) is 0 Å². The molecule has 23 heavy (non-hydrogen) atoms. The molecule has 1 rings (SSSR count). The molecule has 1 aromatic carbocycles. The van der Waals surface area contributed by atoms with Crippen molar-refractivity contribution in [1.29, 1.82) is 0 Å². The molecule has 0 unspecified atom stereocenters. The van der Waals surface area contributed by atoms with Gasteiger partial charge in [-0.1, -0.05) is 0 Å². The Kier molecular flexibility index (Phi) is 6.21. The van der Waals surface area contributed by atoms with E-state index in [1.54, 1.807) is 0 Å². The normalized spacial score (nSPS) is 13.3. The van der Waals surface area contributed by atoms with Crippen molar-refractivity contribution in [1.82, 2.24) is 10.9 Å². The van der Waals surface area contributed by atoms with Crippen LogP contribution >= 0.6 is 0 Å². The maximum absolute atomic E-state index is 12.7. The maximum Gasteiger partial charge on any atom is 0.416 e. The van der Waals surface area contributed by atoms with E-state index in [0.717, 1.165) is 0 Å². The summed E-state index contributed by atoms with van der Waals surface area (Å²) in [6.07, 6.45) is -9.82. The zero-order chi connectivity index (χ0) is 17.7. The summed E-state index contributed by atoms with van der Waals surface area (Å²) < 4.78 is 76.0. The molecule has 0 aliphatic rings. The molecular weight excluding hydrogens is 330 g/mol. The molecule has 0 aromatic heterocycles. The number of halogens is 6. The number of nitrogens with one attached hydrogen (secondary N) is 2. The van der Waals surface area contributed by atoms with Crippen molar-refractivity contribution >= 4 is 5.96 Å². The van der Waals surface area contributed by atoms with Gasteiger partial charge in [-0.2, -0.15) is 26.3 Å². The van der Waals surface area contributed by atoms with Crippen LogP contribution in [0.25, 0.3) is 0 Å². The molecule has 0 saturated heterocycles. The van der Waals surface area contributed by atoms with Crippen molar-refractivity contribution in [3.8, 4) is 0 Å². The molecule has 0 atom stereocenters. The van der Waals surface area contributed by atoms with Crippen LogP contribution in [0.4, 0.5) is 26.3 Å². The molecule has 130 valence electrons. The molecule has 0 bridgehead atoms. The summed E-state index contributed by atoms with van der Waals surface area (Å²) in [5.74, 6) is -0.246. The topological polar surface area (TPSA) is 82.7 Å². The summed E-state index contributed by atoms with van der Waals surface area (Å²) in [5, 5.41) is 8.50. The van der Waals surface area contributed by atoms with Crippen molar-refractivity contribution in [2.75, 3.05) is 13.2 Å². The molecular formula is C12H14F6N4O. The number of hydrogen-bond donors (Lipinski definition) is 4. The second kappa shape index (κ2) is 7.51. The number of benzene rings is 1. The fourth-order valence-corrected chi connectivity index (χ4v) is 1.54. The number of nitrogens with zero attached hydrogens (tertiary/aromatic N) is 1. The Morgan fingerprint density at radius 3 is 2.00 bits per heavy atom. The second-order valence-corrected chi connectivity index (χ2v) is 4.39. The van der Waals surface area contributed by atoms with Crippen LogP contribution < -0.4 is 16.6 Å². The zero-order valence-electron chi connectivity index (χ0n) is 11.6. The number of alkyl halides is 6. The SMILES string of the molecule is NC(=NCc1cc(C(F)(F)F)cc(C(F)(F)F)c1)NNCCO. The summed E-state index contributed by atoms with van der Waals surface area (Å²) in [6, 6.07) is 1.19. The standard InChI is InChI=1S/C12H14F6N4O/c13-11(14,15)8-3-7(4-9(5-8)12(16,17)18)6-20-10(19)22-21-1-2-23/h3-5,21,23H,1-2,6H2,(H3,19,20,22). The minimum atomic E-state index is -4.91. The van der Waals surface area contributed by atoms with E-state index in [-0.39, 0.29) is 30.7 Å². The first-order chi connectivity index (χ1) is 10.5. The van der Waals surface area contributed by atoms with Crippen LogP contribution in [0.3, 0.4) is 0 Å². The maximum atomic E-state index is 12.7. The highest BCUT2D eigenvalue weighted by molar-refractivity contribution is 5.77. The van der Waals surface area contributed by atoms with E-state index < -0.39 is 30.0 Å². The minimum Gasteiger partial charge on any atom is -0.395 e. The number of aliphatic hydroxyl groups is 1. The lowest BCUT2D eigenvalue weighted by Gasteiger charge is -2.13. The molecule has 5 nitrogen and oxygen atoms in total. The summed E-state index contributed by atoms with van der Waals surface area (Å²) in [6.45, 7) is -0.562. The van der Waals surface area contributed by atoms with Gasteiger partial charge in [-0.3, -0.25) is 5.43 Å². The van der Waals surface area contributed by atoms with Gasteiger partial charge in [0.1, 0.15) is 0 Å². The summed E-state index contributed by atoms with van der Waals surface area (Å²) in [4.78, 5) is 3.62. The van der Waals surface area contributed by atoms with Crippen LogP contribution in [-0.4, -0.2) is 24.2 Å². The lowest BCUT2D eigenvalue weighted by molar-refractivity contribution is -0.143. The number of hydrazine groups is 1. The minimum absolute atomic E-state index is 0.0393. The smallest absolute Gasteiger partial charge is 0.395 e. The van der Waals surface area contributed by atoms with Crippen molar-refractivity contribution < 1.29 is 31.4 Å². The quantitative estimate of drug-likeness (QED) is 0.215. The van der Waals surface area contributed by atoms with Gasteiger partial charge in [-0.25, -0.2) is 10.4 Å². The van der Waals surface area contributed by atoms with Crippen LogP contribution in [0.5, 0.6) is 0 Å². The van der Waals surface area contributed by atoms with E-state index >= 15 is 0 Å².